The maximum absolute atomic E-state index is 12.3. The minimum absolute atomic E-state index is 0.175. The Morgan fingerprint density at radius 3 is 2.67 bits per heavy atom. The van der Waals surface area contributed by atoms with Crippen LogP contribution >= 0.6 is 0 Å². The molecule has 1 rings (SSSR count). The molecule has 3 N–H and O–H groups in total. The van der Waals surface area contributed by atoms with Crippen LogP contribution in [0, 0.1) is 5.92 Å². The van der Waals surface area contributed by atoms with Crippen molar-refractivity contribution in [2.75, 3.05) is 0 Å². The van der Waals surface area contributed by atoms with E-state index in [0.29, 0.717) is 6.42 Å². The summed E-state index contributed by atoms with van der Waals surface area (Å²) >= 11 is 0. The first kappa shape index (κ1) is 14.7. The van der Waals surface area contributed by atoms with E-state index in [-0.39, 0.29) is 12.0 Å². The lowest BCUT2D eigenvalue weighted by molar-refractivity contribution is -0.363. The molecule has 0 saturated heterocycles. The molecule has 102 valence electrons. The quantitative estimate of drug-likeness (QED) is 0.764. The Morgan fingerprint density at radius 1 is 1.61 bits per heavy atom. The maximum Gasteiger partial charge on any atom is 0.524 e. The van der Waals surface area contributed by atoms with Crippen LogP contribution in [0.4, 0.5) is 13.2 Å². The van der Waals surface area contributed by atoms with Gasteiger partial charge in [0.05, 0.1) is 0 Å². The third-order valence-corrected chi connectivity index (χ3v) is 2.67. The molecule has 1 aliphatic rings. The Bertz CT molecular complexity index is 389. The third-order valence-electron chi connectivity index (χ3n) is 2.67. The van der Waals surface area contributed by atoms with E-state index in [1.165, 1.54) is 12.2 Å². The number of hydrogen-bond acceptors (Lipinski definition) is 3. The predicted octanol–water partition coefficient (Wildman–Crippen LogP) is 2.17. The van der Waals surface area contributed by atoms with E-state index >= 15 is 0 Å². The summed E-state index contributed by atoms with van der Waals surface area (Å²) in [5.74, 6) is -2.33. The second kappa shape index (κ2) is 5.11. The van der Waals surface area contributed by atoms with Crippen LogP contribution in [0.25, 0.3) is 0 Å². The lowest BCUT2D eigenvalue weighted by Gasteiger charge is -2.37. The number of carboxylic acids is 1. The summed E-state index contributed by atoms with van der Waals surface area (Å²) in [6.07, 6.45) is -0.799. The number of alkyl halides is 3. The molecule has 0 radical (unpaired) electrons. The molecule has 0 spiro atoms. The van der Waals surface area contributed by atoms with Crippen molar-refractivity contribution >= 4 is 5.97 Å². The van der Waals surface area contributed by atoms with E-state index in [1.807, 2.05) is 0 Å². The van der Waals surface area contributed by atoms with E-state index in [1.54, 1.807) is 6.92 Å². The number of rotatable bonds is 4. The van der Waals surface area contributed by atoms with E-state index < -0.39 is 24.0 Å². The summed E-state index contributed by atoms with van der Waals surface area (Å²) in [7, 11) is 0. The van der Waals surface area contributed by atoms with Crippen LogP contribution in [0.15, 0.2) is 23.8 Å². The van der Waals surface area contributed by atoms with Gasteiger partial charge in [0.25, 0.3) is 0 Å². The summed E-state index contributed by atoms with van der Waals surface area (Å²) in [6.45, 7) is 1.73. The first-order valence-electron chi connectivity index (χ1n) is 5.38. The van der Waals surface area contributed by atoms with Gasteiger partial charge in [0.2, 0.25) is 0 Å². The molecule has 0 saturated carbocycles. The van der Waals surface area contributed by atoms with E-state index in [2.05, 4.69) is 4.74 Å². The molecule has 2 atom stereocenters. The van der Waals surface area contributed by atoms with Crippen molar-refractivity contribution < 1.29 is 27.8 Å². The molecule has 0 aliphatic heterocycles. The van der Waals surface area contributed by atoms with Crippen molar-refractivity contribution in [1.82, 2.24) is 0 Å². The maximum atomic E-state index is 12.3. The smallest absolute Gasteiger partial charge is 0.478 e. The minimum atomic E-state index is -4.92. The first-order chi connectivity index (χ1) is 8.19. The molecule has 1 aliphatic carbocycles. The molecule has 7 heteroatoms. The van der Waals surface area contributed by atoms with Crippen molar-refractivity contribution in [3.63, 3.8) is 0 Å². The SMILES string of the molecule is CCCC1C(C(=O)O)=CC=CC1(N)OC(F)(F)F. The molecule has 0 amide bonds. The van der Waals surface area contributed by atoms with Crippen LogP contribution in [0.3, 0.4) is 0 Å². The van der Waals surface area contributed by atoms with Gasteiger partial charge < -0.3 is 5.11 Å². The minimum Gasteiger partial charge on any atom is -0.478 e. The average molecular weight is 265 g/mol. The number of aliphatic carboxylic acids is 1. The fourth-order valence-electron chi connectivity index (χ4n) is 1.97. The lowest BCUT2D eigenvalue weighted by Crippen LogP contribution is -2.53. The highest BCUT2D eigenvalue weighted by molar-refractivity contribution is 5.88. The molecule has 0 aromatic carbocycles. The van der Waals surface area contributed by atoms with Crippen LogP contribution in [-0.4, -0.2) is 23.2 Å². The van der Waals surface area contributed by atoms with Crippen LogP contribution in [0.2, 0.25) is 0 Å². The van der Waals surface area contributed by atoms with Gasteiger partial charge >= 0.3 is 12.3 Å². The molecule has 0 aromatic heterocycles. The molecular formula is C11H14F3NO3. The Kier molecular flexibility index (Phi) is 4.18. The molecule has 0 fully saturated rings. The standard InChI is InChI=1S/C11H14F3NO3/c1-2-4-8-7(9(16)17)5-3-6-10(8,15)18-11(12,13)14/h3,5-6,8H,2,4,15H2,1H3,(H,16,17). The lowest BCUT2D eigenvalue weighted by atomic mass is 9.81. The predicted molar refractivity (Wildman–Crippen MR) is 57.3 cm³/mol. The van der Waals surface area contributed by atoms with Crippen molar-refractivity contribution in [3.05, 3.63) is 23.8 Å². The summed E-state index contributed by atoms with van der Waals surface area (Å²) in [6, 6.07) is 0. The number of nitrogens with two attached hydrogens (primary N) is 1. The van der Waals surface area contributed by atoms with Gasteiger partial charge in [-0.1, -0.05) is 25.5 Å². The molecule has 2 unspecified atom stereocenters. The monoisotopic (exact) mass is 265 g/mol. The Hall–Kier alpha value is -1.34. The van der Waals surface area contributed by atoms with Gasteiger partial charge in [-0.05, 0) is 12.5 Å². The topological polar surface area (TPSA) is 72.5 Å². The number of hydrogen-bond donors (Lipinski definition) is 2. The van der Waals surface area contributed by atoms with Crippen molar-refractivity contribution in [1.29, 1.82) is 0 Å². The first-order valence-corrected chi connectivity index (χ1v) is 5.38. The van der Waals surface area contributed by atoms with Crippen molar-refractivity contribution in [3.8, 4) is 0 Å². The second-order valence-corrected chi connectivity index (χ2v) is 4.03. The van der Waals surface area contributed by atoms with Crippen LogP contribution in [0.5, 0.6) is 0 Å². The van der Waals surface area contributed by atoms with Gasteiger partial charge in [0.15, 0.2) is 5.72 Å². The molecular weight excluding hydrogens is 251 g/mol. The summed E-state index contributed by atoms with van der Waals surface area (Å²) in [4.78, 5) is 11.0. The number of carbonyl (C=O) groups is 1. The van der Waals surface area contributed by atoms with Crippen LogP contribution in [0.1, 0.15) is 19.8 Å². The zero-order valence-corrected chi connectivity index (χ0v) is 9.70. The number of halogens is 3. The largest absolute Gasteiger partial charge is 0.524 e. The van der Waals surface area contributed by atoms with Crippen molar-refractivity contribution in [2.45, 2.75) is 31.9 Å². The van der Waals surface area contributed by atoms with E-state index in [4.69, 9.17) is 10.8 Å². The molecule has 0 heterocycles. The van der Waals surface area contributed by atoms with Gasteiger partial charge in [0, 0.05) is 11.5 Å². The second-order valence-electron chi connectivity index (χ2n) is 4.03. The fraction of sp³-hybridized carbons (Fsp3) is 0.545. The van der Waals surface area contributed by atoms with E-state index in [0.717, 1.165) is 6.08 Å². The Labute approximate surface area is 102 Å². The van der Waals surface area contributed by atoms with Crippen LogP contribution < -0.4 is 5.73 Å². The van der Waals surface area contributed by atoms with Gasteiger partial charge in [-0.15, -0.1) is 13.2 Å². The van der Waals surface area contributed by atoms with Crippen LogP contribution in [-0.2, 0) is 9.53 Å². The summed E-state index contributed by atoms with van der Waals surface area (Å²) < 4.78 is 40.9. The Balaban J connectivity index is 3.07. The molecule has 4 nitrogen and oxygen atoms in total. The van der Waals surface area contributed by atoms with Gasteiger partial charge in [-0.2, -0.15) is 0 Å². The Morgan fingerprint density at radius 2 is 2.22 bits per heavy atom. The highest BCUT2D eigenvalue weighted by atomic mass is 19.4. The molecule has 18 heavy (non-hydrogen) atoms. The highest BCUT2D eigenvalue weighted by Crippen LogP contribution is 2.37. The zero-order valence-electron chi connectivity index (χ0n) is 9.70. The molecule has 0 bridgehead atoms. The zero-order chi connectivity index (χ0) is 14.0. The van der Waals surface area contributed by atoms with Gasteiger partial charge in [-0.25, -0.2) is 4.79 Å². The third kappa shape index (κ3) is 3.33. The molecule has 0 aromatic rings. The van der Waals surface area contributed by atoms with Gasteiger partial charge in [0.1, 0.15) is 0 Å². The highest BCUT2D eigenvalue weighted by Gasteiger charge is 2.47. The van der Waals surface area contributed by atoms with Crippen molar-refractivity contribution in [2.24, 2.45) is 11.7 Å². The van der Waals surface area contributed by atoms with Gasteiger partial charge in [-0.3, -0.25) is 10.5 Å². The number of carboxylic acid groups (broad SMARTS) is 1. The average Bonchev–Trinajstić information content (AvgIpc) is 2.18. The fourth-order valence-corrected chi connectivity index (χ4v) is 1.97. The summed E-state index contributed by atoms with van der Waals surface area (Å²) in [5, 5.41) is 8.97. The normalized spacial score (nSPS) is 28.1. The number of ether oxygens (including phenoxy) is 1. The van der Waals surface area contributed by atoms with E-state index in [9.17, 15) is 18.0 Å². The number of allylic oxidation sites excluding steroid dienone is 2. The summed E-state index contributed by atoms with van der Waals surface area (Å²) in [5.41, 5.74) is 3.23.